The van der Waals surface area contributed by atoms with Crippen LogP contribution in [0.15, 0.2) is 42.5 Å². The molecule has 2 aromatic rings. The van der Waals surface area contributed by atoms with Crippen LogP contribution >= 0.6 is 23.2 Å². The van der Waals surface area contributed by atoms with E-state index in [4.69, 9.17) is 28.9 Å². The molecule has 0 fully saturated rings. The molecule has 5 heteroatoms. The van der Waals surface area contributed by atoms with Crippen molar-refractivity contribution in [3.05, 3.63) is 69.5 Å². The average Bonchev–Trinajstić information content (AvgIpc) is 2.48. The molecule has 0 spiro atoms. The first kappa shape index (κ1) is 16.2. The Hall–Kier alpha value is -1.13. The van der Waals surface area contributed by atoms with Gasteiger partial charge in [0.15, 0.2) is 0 Å². The van der Waals surface area contributed by atoms with Crippen LogP contribution in [0.2, 0.25) is 10.0 Å². The minimum atomic E-state index is -0.914. The highest BCUT2D eigenvalue weighted by Gasteiger charge is 2.33. The van der Waals surface area contributed by atoms with E-state index >= 15 is 0 Å². The van der Waals surface area contributed by atoms with Gasteiger partial charge in [-0.25, -0.2) is 4.39 Å². The van der Waals surface area contributed by atoms with Gasteiger partial charge in [-0.05, 0) is 35.7 Å². The minimum Gasteiger partial charge on any atom is -0.395 e. The van der Waals surface area contributed by atoms with Crippen LogP contribution < -0.4 is 5.73 Å². The van der Waals surface area contributed by atoms with Crippen molar-refractivity contribution >= 4 is 23.2 Å². The van der Waals surface area contributed by atoms with Gasteiger partial charge in [0.25, 0.3) is 0 Å². The number of benzene rings is 2. The molecule has 21 heavy (non-hydrogen) atoms. The van der Waals surface area contributed by atoms with Gasteiger partial charge in [0.1, 0.15) is 5.82 Å². The highest BCUT2D eigenvalue weighted by Crippen LogP contribution is 2.32. The molecule has 0 bridgehead atoms. The number of rotatable bonds is 5. The standard InChI is InChI=1S/C16H16Cl2FNO/c17-12-6-5-11(14(18)7-12)8-16(9-20,10-21)13-3-1-2-4-15(13)19/h1-7,21H,8-10,20H2. The van der Waals surface area contributed by atoms with E-state index in [1.54, 1.807) is 36.4 Å². The Labute approximate surface area is 133 Å². The summed E-state index contributed by atoms with van der Waals surface area (Å²) in [5, 5.41) is 10.8. The van der Waals surface area contributed by atoms with Crippen LogP contribution in [0.25, 0.3) is 0 Å². The molecule has 0 heterocycles. The molecule has 0 aliphatic carbocycles. The summed E-state index contributed by atoms with van der Waals surface area (Å²) in [4.78, 5) is 0. The molecule has 0 aliphatic heterocycles. The Morgan fingerprint density at radius 3 is 2.43 bits per heavy atom. The summed E-state index contributed by atoms with van der Waals surface area (Å²) >= 11 is 12.1. The van der Waals surface area contributed by atoms with Gasteiger partial charge >= 0.3 is 0 Å². The molecule has 2 aromatic carbocycles. The summed E-state index contributed by atoms with van der Waals surface area (Å²) in [6.45, 7) is -0.174. The van der Waals surface area contributed by atoms with Gasteiger partial charge in [0.2, 0.25) is 0 Å². The molecule has 3 N–H and O–H groups in total. The molecule has 0 radical (unpaired) electrons. The van der Waals surface area contributed by atoms with Crippen LogP contribution in [0.4, 0.5) is 4.39 Å². The van der Waals surface area contributed by atoms with Crippen molar-refractivity contribution in [3.8, 4) is 0 Å². The van der Waals surface area contributed by atoms with Crippen LogP contribution in [0.3, 0.4) is 0 Å². The van der Waals surface area contributed by atoms with E-state index in [2.05, 4.69) is 0 Å². The van der Waals surface area contributed by atoms with Gasteiger partial charge < -0.3 is 10.8 Å². The lowest BCUT2D eigenvalue weighted by Crippen LogP contribution is -2.41. The second-order valence-electron chi connectivity index (χ2n) is 5.03. The lowest BCUT2D eigenvalue weighted by Gasteiger charge is -2.32. The number of halogens is 3. The third kappa shape index (κ3) is 3.38. The van der Waals surface area contributed by atoms with Gasteiger partial charge in [-0.1, -0.05) is 47.5 Å². The second-order valence-corrected chi connectivity index (χ2v) is 5.88. The van der Waals surface area contributed by atoms with E-state index in [9.17, 15) is 9.50 Å². The topological polar surface area (TPSA) is 46.2 Å². The van der Waals surface area contributed by atoms with Gasteiger partial charge in [0.05, 0.1) is 6.61 Å². The fourth-order valence-corrected chi connectivity index (χ4v) is 2.88. The summed E-state index contributed by atoms with van der Waals surface area (Å²) in [5.74, 6) is -0.387. The van der Waals surface area contributed by atoms with Crippen LogP contribution in [0.5, 0.6) is 0 Å². The van der Waals surface area contributed by atoms with Crippen molar-refractivity contribution in [2.75, 3.05) is 13.2 Å². The zero-order chi connectivity index (χ0) is 15.5. The summed E-state index contributed by atoms with van der Waals surface area (Å²) in [6, 6.07) is 11.4. The SMILES string of the molecule is NCC(CO)(Cc1ccc(Cl)cc1Cl)c1ccccc1F. The van der Waals surface area contributed by atoms with Crippen LogP contribution in [-0.2, 0) is 11.8 Å². The Morgan fingerprint density at radius 1 is 1.14 bits per heavy atom. The smallest absolute Gasteiger partial charge is 0.127 e. The minimum absolute atomic E-state index is 0.101. The van der Waals surface area contributed by atoms with Gasteiger partial charge in [0, 0.05) is 22.0 Å². The third-order valence-electron chi connectivity index (χ3n) is 3.68. The Morgan fingerprint density at radius 2 is 1.86 bits per heavy atom. The first-order valence-electron chi connectivity index (χ1n) is 6.52. The molecule has 0 aliphatic rings. The lowest BCUT2D eigenvalue weighted by atomic mass is 9.76. The van der Waals surface area contributed by atoms with E-state index in [0.717, 1.165) is 5.56 Å². The fourth-order valence-electron chi connectivity index (χ4n) is 2.40. The van der Waals surface area contributed by atoms with Crippen LogP contribution in [-0.4, -0.2) is 18.3 Å². The number of nitrogens with two attached hydrogens (primary N) is 1. The molecule has 0 saturated heterocycles. The Balaban J connectivity index is 2.46. The first-order valence-corrected chi connectivity index (χ1v) is 7.28. The van der Waals surface area contributed by atoms with E-state index in [1.165, 1.54) is 6.07 Å². The second kappa shape index (κ2) is 6.75. The first-order chi connectivity index (χ1) is 10.0. The van der Waals surface area contributed by atoms with Crippen molar-refractivity contribution in [1.29, 1.82) is 0 Å². The van der Waals surface area contributed by atoms with Crippen molar-refractivity contribution in [2.24, 2.45) is 5.73 Å². The van der Waals surface area contributed by atoms with Gasteiger partial charge in [-0.3, -0.25) is 0 Å². The zero-order valence-electron chi connectivity index (χ0n) is 11.3. The summed E-state index contributed by atoms with van der Waals surface area (Å²) in [7, 11) is 0. The molecule has 0 saturated carbocycles. The summed E-state index contributed by atoms with van der Waals surface area (Å²) < 4.78 is 14.1. The summed E-state index contributed by atoms with van der Waals surface area (Å²) in [5.41, 5.74) is 6.09. The largest absolute Gasteiger partial charge is 0.395 e. The highest BCUT2D eigenvalue weighted by atomic mass is 35.5. The molecule has 2 nitrogen and oxygen atoms in total. The Kier molecular flexibility index (Phi) is 5.22. The molecule has 112 valence electrons. The number of aliphatic hydroxyl groups is 1. The average molecular weight is 328 g/mol. The van der Waals surface area contributed by atoms with Gasteiger partial charge in [-0.2, -0.15) is 0 Å². The van der Waals surface area contributed by atoms with E-state index in [-0.39, 0.29) is 19.0 Å². The summed E-state index contributed by atoms with van der Waals surface area (Å²) in [6.07, 6.45) is 0.330. The molecule has 0 aromatic heterocycles. The highest BCUT2D eigenvalue weighted by molar-refractivity contribution is 6.35. The van der Waals surface area contributed by atoms with Crippen LogP contribution in [0, 0.1) is 5.82 Å². The van der Waals surface area contributed by atoms with Crippen molar-refractivity contribution in [1.82, 2.24) is 0 Å². The van der Waals surface area contributed by atoms with Crippen molar-refractivity contribution < 1.29 is 9.50 Å². The van der Waals surface area contributed by atoms with Crippen molar-refractivity contribution in [3.63, 3.8) is 0 Å². The molecule has 1 unspecified atom stereocenters. The van der Waals surface area contributed by atoms with Crippen molar-refractivity contribution in [2.45, 2.75) is 11.8 Å². The molecule has 2 rings (SSSR count). The van der Waals surface area contributed by atoms with E-state index < -0.39 is 5.41 Å². The number of aliphatic hydroxyl groups excluding tert-OH is 1. The fraction of sp³-hybridized carbons (Fsp3) is 0.250. The molecular weight excluding hydrogens is 312 g/mol. The maximum atomic E-state index is 14.1. The third-order valence-corrected chi connectivity index (χ3v) is 4.27. The zero-order valence-corrected chi connectivity index (χ0v) is 12.8. The molecule has 0 amide bonds. The monoisotopic (exact) mass is 327 g/mol. The van der Waals surface area contributed by atoms with Crippen LogP contribution in [0.1, 0.15) is 11.1 Å². The van der Waals surface area contributed by atoms with E-state index in [1.807, 2.05) is 0 Å². The normalized spacial score (nSPS) is 14.0. The predicted molar refractivity (Wildman–Crippen MR) is 84.4 cm³/mol. The quantitative estimate of drug-likeness (QED) is 0.881. The van der Waals surface area contributed by atoms with E-state index in [0.29, 0.717) is 22.0 Å². The Bertz CT molecular complexity index is 629. The lowest BCUT2D eigenvalue weighted by molar-refractivity contribution is 0.192. The maximum absolute atomic E-state index is 14.1. The number of hydrogen-bond acceptors (Lipinski definition) is 2. The predicted octanol–water partition coefficient (Wildman–Crippen LogP) is 3.56. The molecular formula is C16H16Cl2FNO. The molecule has 1 atom stereocenters. The number of hydrogen-bond donors (Lipinski definition) is 2. The maximum Gasteiger partial charge on any atom is 0.127 e. The van der Waals surface area contributed by atoms with Gasteiger partial charge in [-0.15, -0.1) is 0 Å².